The highest BCUT2D eigenvalue weighted by Crippen LogP contribution is 2.88. The highest BCUT2D eigenvalue weighted by atomic mass is 79.9. The van der Waals surface area contributed by atoms with Crippen molar-refractivity contribution < 1.29 is 8.85 Å². The fourth-order valence-electron chi connectivity index (χ4n) is 5.85. The van der Waals surface area contributed by atoms with Gasteiger partial charge in [0.15, 0.2) is 16.6 Å². The largest absolute Gasteiger partial charge is 0.409 e. The van der Waals surface area contributed by atoms with E-state index < -0.39 is 16.6 Å². The molecular weight excluding hydrogens is 600 g/mol. The van der Waals surface area contributed by atoms with Gasteiger partial charge in [0.1, 0.15) is 6.47 Å². The fourth-order valence-corrected chi connectivity index (χ4v) is 13.7. The van der Waals surface area contributed by atoms with Gasteiger partial charge in [0.05, 0.1) is 11.2 Å². The van der Waals surface area contributed by atoms with E-state index in [2.05, 4.69) is 103 Å². The lowest BCUT2D eigenvalue weighted by Crippen LogP contribution is -2.37. The molecule has 4 aliphatic carbocycles. The Morgan fingerprint density at radius 2 is 0.958 bits per heavy atom. The fraction of sp³-hybridized carbons (Fsp3) is 1.00. The van der Waals surface area contributed by atoms with Crippen molar-refractivity contribution >= 4 is 80.4 Å². The first-order valence-electron chi connectivity index (χ1n) is 8.75. The Kier molecular flexibility index (Phi) is 4.13. The van der Waals surface area contributed by atoms with Crippen LogP contribution in [0.4, 0.5) is 0 Å². The third-order valence-corrected chi connectivity index (χ3v) is 12.8. The maximum Gasteiger partial charge on any atom is 0.184 e. The van der Waals surface area contributed by atoms with Crippen LogP contribution in [0, 0.1) is 23.7 Å². The van der Waals surface area contributed by atoms with Crippen molar-refractivity contribution in [2.24, 2.45) is 23.7 Å². The zero-order chi connectivity index (χ0) is 18.1. The molecule has 0 aromatic rings. The number of rotatable bonds is 4. The molecule has 0 saturated heterocycles. The second kappa shape index (κ2) is 5.06. The molecule has 4 fully saturated rings. The molecule has 2 nitrogen and oxygen atoms in total. The summed E-state index contributed by atoms with van der Waals surface area (Å²) in [5.74, 6) is 2.49. The standard InChI is InChI=1S/C16H26Br4O2Si2/c1-23(2,3)21-13-7-9-10(11(13)15(13,17)18)8-14(22-24(4,5)6)12(9)16(14,19)20/h9-12H,7-8H2,1-6H3. The molecule has 4 aliphatic rings. The summed E-state index contributed by atoms with van der Waals surface area (Å²) in [6, 6.07) is 0. The molecule has 0 spiro atoms. The second-order valence-electron chi connectivity index (χ2n) is 10.1. The van der Waals surface area contributed by atoms with Crippen molar-refractivity contribution in [2.75, 3.05) is 0 Å². The van der Waals surface area contributed by atoms with Gasteiger partial charge in [-0.05, 0) is 64.0 Å². The Bertz CT molecular complexity index is 548. The van der Waals surface area contributed by atoms with Crippen molar-refractivity contribution in [3.8, 4) is 0 Å². The molecule has 0 aromatic heterocycles. The average molecular weight is 626 g/mol. The molecule has 4 saturated carbocycles. The molecule has 0 radical (unpaired) electrons. The summed E-state index contributed by atoms with van der Waals surface area (Å²) in [5.41, 5.74) is -0.0341. The third-order valence-electron chi connectivity index (χ3n) is 6.21. The SMILES string of the molecule is C[Si](C)(C)OC12CC3C(CC4(O[Si](C)(C)C)C3C4(Br)Br)C1C2(Br)Br. The van der Waals surface area contributed by atoms with Gasteiger partial charge in [0.2, 0.25) is 0 Å². The normalized spacial score (nSPS) is 50.2. The number of halogens is 4. The molecule has 0 aromatic carbocycles. The zero-order valence-electron chi connectivity index (χ0n) is 15.1. The molecule has 6 unspecified atom stereocenters. The van der Waals surface area contributed by atoms with Gasteiger partial charge in [0.25, 0.3) is 0 Å². The van der Waals surface area contributed by atoms with Crippen LogP contribution in [-0.2, 0) is 8.85 Å². The number of hydrogen-bond acceptors (Lipinski definition) is 2. The highest BCUT2D eigenvalue weighted by molar-refractivity contribution is 9.26. The minimum Gasteiger partial charge on any atom is -0.409 e. The van der Waals surface area contributed by atoms with Crippen molar-refractivity contribution in [1.82, 2.24) is 0 Å². The molecule has 4 rings (SSSR count). The summed E-state index contributed by atoms with van der Waals surface area (Å²) in [6.45, 7) is 13.8. The van der Waals surface area contributed by atoms with Gasteiger partial charge < -0.3 is 8.85 Å². The Hall–Kier alpha value is 2.27. The number of hydrogen-bond donors (Lipinski definition) is 0. The van der Waals surface area contributed by atoms with Crippen molar-refractivity contribution in [2.45, 2.75) is 69.8 Å². The number of fused-ring (bicyclic) bond motifs is 5. The van der Waals surface area contributed by atoms with E-state index in [0.717, 1.165) is 12.8 Å². The van der Waals surface area contributed by atoms with Crippen LogP contribution in [0.1, 0.15) is 12.8 Å². The Morgan fingerprint density at radius 3 is 1.21 bits per heavy atom. The molecule has 0 heterocycles. The zero-order valence-corrected chi connectivity index (χ0v) is 23.4. The summed E-state index contributed by atoms with van der Waals surface area (Å²) in [7, 11) is -3.20. The van der Waals surface area contributed by atoms with Crippen LogP contribution in [0.25, 0.3) is 0 Å². The summed E-state index contributed by atoms with van der Waals surface area (Å²) in [4.78, 5) is 0. The molecule has 0 bridgehead atoms. The molecule has 6 atom stereocenters. The maximum atomic E-state index is 6.76. The average Bonchev–Trinajstić information content (AvgIpc) is 2.76. The van der Waals surface area contributed by atoms with Crippen molar-refractivity contribution in [3.63, 3.8) is 0 Å². The minimum absolute atomic E-state index is 0.0171. The molecule has 8 heteroatoms. The predicted molar refractivity (Wildman–Crippen MR) is 119 cm³/mol. The van der Waals surface area contributed by atoms with E-state index in [1.54, 1.807) is 0 Å². The van der Waals surface area contributed by atoms with Crippen LogP contribution in [-0.4, -0.2) is 34.3 Å². The Balaban J connectivity index is 1.62. The van der Waals surface area contributed by atoms with Gasteiger partial charge in [-0.2, -0.15) is 0 Å². The van der Waals surface area contributed by atoms with Crippen LogP contribution in [0.3, 0.4) is 0 Å². The molecule has 138 valence electrons. The summed E-state index contributed by atoms with van der Waals surface area (Å²) >= 11 is 15.9. The monoisotopic (exact) mass is 622 g/mol. The van der Waals surface area contributed by atoms with E-state index in [1.165, 1.54) is 0 Å². The van der Waals surface area contributed by atoms with Gasteiger partial charge in [-0.15, -0.1) is 0 Å². The van der Waals surface area contributed by atoms with E-state index in [0.29, 0.717) is 23.7 Å². The highest BCUT2D eigenvalue weighted by Gasteiger charge is 2.92. The lowest BCUT2D eigenvalue weighted by atomic mass is 9.90. The van der Waals surface area contributed by atoms with Crippen LogP contribution in [0.15, 0.2) is 0 Å². The maximum absolute atomic E-state index is 6.76. The summed E-state index contributed by atoms with van der Waals surface area (Å²) < 4.78 is 13.5. The van der Waals surface area contributed by atoms with Gasteiger partial charge in [-0.25, -0.2) is 0 Å². The smallest absolute Gasteiger partial charge is 0.184 e. The summed E-state index contributed by atoms with van der Waals surface area (Å²) in [6.07, 6.45) is 2.28. The molecule has 0 aliphatic heterocycles. The Labute approximate surface area is 181 Å². The predicted octanol–water partition coefficient (Wildman–Crippen LogP) is 6.44. The van der Waals surface area contributed by atoms with E-state index >= 15 is 0 Å². The van der Waals surface area contributed by atoms with Crippen LogP contribution in [0.5, 0.6) is 0 Å². The van der Waals surface area contributed by atoms with Gasteiger partial charge in [-0.3, -0.25) is 0 Å². The Morgan fingerprint density at radius 1 is 0.667 bits per heavy atom. The molecule has 0 amide bonds. The van der Waals surface area contributed by atoms with Crippen molar-refractivity contribution in [1.29, 1.82) is 0 Å². The van der Waals surface area contributed by atoms with Gasteiger partial charge in [0, 0.05) is 11.8 Å². The van der Waals surface area contributed by atoms with Crippen LogP contribution >= 0.6 is 63.7 Å². The third kappa shape index (κ3) is 2.38. The summed E-state index contributed by atoms with van der Waals surface area (Å²) in [5, 5.41) is 0. The molecule has 24 heavy (non-hydrogen) atoms. The topological polar surface area (TPSA) is 18.5 Å². The second-order valence-corrected chi connectivity index (χ2v) is 26.1. The van der Waals surface area contributed by atoms with Crippen molar-refractivity contribution in [3.05, 3.63) is 0 Å². The van der Waals surface area contributed by atoms with E-state index in [4.69, 9.17) is 8.85 Å². The number of alkyl halides is 4. The van der Waals surface area contributed by atoms with E-state index in [-0.39, 0.29) is 17.7 Å². The lowest BCUT2D eigenvalue weighted by Gasteiger charge is -2.30. The quantitative estimate of drug-likeness (QED) is 0.265. The first-order chi connectivity index (χ1) is 10.6. The molecular formula is C16H26Br4O2Si2. The molecule has 0 N–H and O–H groups in total. The van der Waals surface area contributed by atoms with Crippen LogP contribution in [0.2, 0.25) is 39.3 Å². The van der Waals surface area contributed by atoms with Gasteiger partial charge >= 0.3 is 0 Å². The van der Waals surface area contributed by atoms with E-state index in [1.807, 2.05) is 0 Å². The van der Waals surface area contributed by atoms with Gasteiger partial charge in [-0.1, -0.05) is 63.7 Å². The minimum atomic E-state index is -1.60. The van der Waals surface area contributed by atoms with E-state index in [9.17, 15) is 0 Å². The first-order valence-corrected chi connectivity index (χ1v) is 18.7. The van der Waals surface area contributed by atoms with Crippen LogP contribution < -0.4 is 0 Å². The first kappa shape index (κ1) is 19.6. The lowest BCUT2D eigenvalue weighted by molar-refractivity contribution is 0.128.